The van der Waals surface area contributed by atoms with Gasteiger partial charge in [0, 0.05) is 0 Å². The van der Waals surface area contributed by atoms with Crippen molar-refractivity contribution >= 4 is 5.97 Å². The molecule has 3 N–H and O–H groups in total. The van der Waals surface area contributed by atoms with Crippen molar-refractivity contribution in [3.63, 3.8) is 0 Å². The van der Waals surface area contributed by atoms with Crippen molar-refractivity contribution in [1.29, 1.82) is 0 Å². The van der Waals surface area contributed by atoms with Gasteiger partial charge < -0.3 is 20.0 Å². The Bertz CT molecular complexity index is 394. The number of hydrogen-bond acceptors (Lipinski definition) is 5. The third-order valence-corrected chi connectivity index (χ3v) is 2.15. The Morgan fingerprint density at radius 2 is 2.18 bits per heavy atom. The van der Waals surface area contributed by atoms with Gasteiger partial charge in [-0.2, -0.15) is 0 Å². The van der Waals surface area contributed by atoms with Crippen molar-refractivity contribution < 1.29 is 19.1 Å². The van der Waals surface area contributed by atoms with Crippen LogP contribution in [0.5, 0.6) is 0 Å². The van der Waals surface area contributed by atoms with E-state index in [2.05, 4.69) is 4.98 Å². The molecule has 0 aliphatic heterocycles. The summed E-state index contributed by atoms with van der Waals surface area (Å²) in [5, 5.41) is 8.90. The van der Waals surface area contributed by atoms with Crippen LogP contribution in [-0.2, 0) is 4.74 Å². The van der Waals surface area contributed by atoms with Crippen LogP contribution in [-0.4, -0.2) is 27.8 Å². The summed E-state index contributed by atoms with van der Waals surface area (Å²) in [4.78, 5) is 14.5. The molecule has 0 aromatic carbocycles. The maximum atomic E-state index is 10.9. The molecule has 6 heteroatoms. The van der Waals surface area contributed by atoms with Gasteiger partial charge >= 0.3 is 5.97 Å². The summed E-state index contributed by atoms with van der Waals surface area (Å²) in [5.74, 6) is -1.03. The van der Waals surface area contributed by atoms with Crippen molar-refractivity contribution in [1.82, 2.24) is 4.98 Å². The predicted molar refractivity (Wildman–Crippen MR) is 60.7 cm³/mol. The van der Waals surface area contributed by atoms with Gasteiger partial charge in [-0.3, -0.25) is 0 Å². The lowest BCUT2D eigenvalue weighted by atomic mass is 10.1. The van der Waals surface area contributed by atoms with Crippen molar-refractivity contribution in [3.8, 4) is 0 Å². The lowest BCUT2D eigenvalue weighted by molar-refractivity contribution is -0.0641. The molecule has 0 amide bonds. The lowest BCUT2D eigenvalue weighted by Gasteiger charge is -2.28. The first-order valence-electron chi connectivity index (χ1n) is 5.32. The summed E-state index contributed by atoms with van der Waals surface area (Å²) in [5.41, 5.74) is 5.38. The molecule has 2 atom stereocenters. The van der Waals surface area contributed by atoms with E-state index in [1.54, 1.807) is 6.92 Å². The number of carbonyl (C=O) groups is 1. The van der Waals surface area contributed by atoms with E-state index >= 15 is 0 Å². The Hall–Kier alpha value is -1.40. The van der Waals surface area contributed by atoms with Crippen molar-refractivity contribution in [2.24, 2.45) is 5.73 Å². The van der Waals surface area contributed by atoms with E-state index in [1.807, 2.05) is 20.8 Å². The van der Waals surface area contributed by atoms with Gasteiger partial charge in [0.25, 0.3) is 0 Å². The second kappa shape index (κ2) is 4.85. The monoisotopic (exact) mass is 242 g/mol. The normalized spacial score (nSPS) is 15.6. The predicted octanol–water partition coefficient (Wildman–Crippen LogP) is 1.58. The molecule has 17 heavy (non-hydrogen) atoms. The minimum atomic E-state index is -1.16. The van der Waals surface area contributed by atoms with Gasteiger partial charge in [0.15, 0.2) is 17.8 Å². The second-order valence-electron chi connectivity index (χ2n) is 4.83. The molecule has 0 fully saturated rings. The van der Waals surface area contributed by atoms with E-state index in [-0.39, 0.29) is 23.2 Å². The number of hydrogen-bond donors (Lipinski definition) is 2. The lowest BCUT2D eigenvalue weighted by Crippen LogP contribution is -2.34. The van der Waals surface area contributed by atoms with Gasteiger partial charge in [-0.05, 0) is 27.7 Å². The van der Waals surface area contributed by atoms with E-state index in [9.17, 15) is 4.79 Å². The molecule has 0 spiro atoms. The Morgan fingerprint density at radius 3 is 2.65 bits per heavy atom. The minimum Gasteiger partial charge on any atom is -0.476 e. The molecule has 2 unspecified atom stereocenters. The van der Waals surface area contributed by atoms with Crippen molar-refractivity contribution in [2.75, 3.05) is 0 Å². The van der Waals surface area contributed by atoms with Crippen LogP contribution in [0.25, 0.3) is 0 Å². The van der Waals surface area contributed by atoms with Gasteiger partial charge in [0.1, 0.15) is 0 Å². The number of carboxylic acid groups (broad SMARTS) is 1. The highest BCUT2D eigenvalue weighted by atomic mass is 16.5. The fraction of sp³-hybridized carbons (Fsp3) is 0.636. The molecule has 0 saturated heterocycles. The molecule has 1 rings (SSSR count). The summed E-state index contributed by atoms with van der Waals surface area (Å²) in [6.45, 7) is 7.46. The van der Waals surface area contributed by atoms with Crippen LogP contribution in [0, 0.1) is 0 Å². The number of nitrogens with two attached hydrogens (primary N) is 1. The highest BCUT2D eigenvalue weighted by molar-refractivity contribution is 5.86. The average molecular weight is 242 g/mol. The molecule has 0 aliphatic carbocycles. The van der Waals surface area contributed by atoms with Crippen LogP contribution < -0.4 is 5.73 Å². The van der Waals surface area contributed by atoms with Crippen molar-refractivity contribution in [2.45, 2.75) is 45.4 Å². The molecule has 0 bridgehead atoms. The molecular formula is C11H18N2O4. The SMILES string of the molecule is CC(OC(C)(C)C)C(N)c1ocnc1C(=O)O. The topological polar surface area (TPSA) is 98.6 Å². The quantitative estimate of drug-likeness (QED) is 0.831. The highest BCUT2D eigenvalue weighted by Crippen LogP contribution is 2.23. The van der Waals surface area contributed by atoms with Crippen LogP contribution >= 0.6 is 0 Å². The largest absolute Gasteiger partial charge is 0.476 e. The summed E-state index contributed by atoms with van der Waals surface area (Å²) >= 11 is 0. The van der Waals surface area contributed by atoms with E-state index in [0.717, 1.165) is 6.39 Å². The molecule has 1 aromatic rings. The van der Waals surface area contributed by atoms with Gasteiger partial charge in [-0.1, -0.05) is 0 Å². The van der Waals surface area contributed by atoms with Crippen LogP contribution in [0.4, 0.5) is 0 Å². The molecule has 96 valence electrons. The first-order chi connectivity index (χ1) is 7.72. The summed E-state index contributed by atoms with van der Waals surface area (Å²) in [6.07, 6.45) is 0.698. The molecule has 0 saturated carbocycles. The molecule has 6 nitrogen and oxygen atoms in total. The van der Waals surface area contributed by atoms with Gasteiger partial charge in [0.05, 0.1) is 17.7 Å². The maximum Gasteiger partial charge on any atom is 0.358 e. The Morgan fingerprint density at radius 1 is 1.59 bits per heavy atom. The summed E-state index contributed by atoms with van der Waals surface area (Å²) in [6, 6.07) is -0.664. The van der Waals surface area contributed by atoms with Gasteiger partial charge in [-0.15, -0.1) is 0 Å². The highest BCUT2D eigenvalue weighted by Gasteiger charge is 2.28. The molecule has 0 radical (unpaired) electrons. The molecule has 1 heterocycles. The van der Waals surface area contributed by atoms with Crippen molar-refractivity contribution in [3.05, 3.63) is 17.8 Å². The summed E-state index contributed by atoms with van der Waals surface area (Å²) in [7, 11) is 0. The summed E-state index contributed by atoms with van der Waals surface area (Å²) < 4.78 is 10.7. The van der Waals surface area contributed by atoms with Crippen LogP contribution in [0.2, 0.25) is 0 Å². The van der Waals surface area contributed by atoms with E-state index in [0.29, 0.717) is 0 Å². The minimum absolute atomic E-state index is 0.134. The van der Waals surface area contributed by atoms with Crippen LogP contribution in [0.3, 0.4) is 0 Å². The van der Waals surface area contributed by atoms with E-state index < -0.39 is 12.0 Å². The zero-order chi connectivity index (χ0) is 13.2. The number of nitrogens with zero attached hydrogens (tertiary/aromatic N) is 1. The average Bonchev–Trinajstić information content (AvgIpc) is 2.61. The number of oxazole rings is 1. The van der Waals surface area contributed by atoms with Gasteiger partial charge in [0.2, 0.25) is 0 Å². The zero-order valence-corrected chi connectivity index (χ0v) is 10.4. The number of carboxylic acids is 1. The van der Waals surface area contributed by atoms with E-state index in [1.165, 1.54) is 0 Å². The number of aromatic carboxylic acids is 1. The standard InChI is InChI=1S/C11H18N2O4/c1-6(17-11(2,3)4)7(12)9-8(10(14)15)13-5-16-9/h5-7H,12H2,1-4H3,(H,14,15). The third-order valence-electron chi connectivity index (χ3n) is 2.15. The Labute approximate surface area is 99.8 Å². The number of rotatable bonds is 4. The Balaban J connectivity index is 2.85. The fourth-order valence-electron chi connectivity index (χ4n) is 1.50. The fourth-order valence-corrected chi connectivity index (χ4v) is 1.50. The van der Waals surface area contributed by atoms with Gasteiger partial charge in [-0.25, -0.2) is 9.78 Å². The number of aromatic nitrogens is 1. The number of ether oxygens (including phenoxy) is 1. The molecule has 1 aromatic heterocycles. The zero-order valence-electron chi connectivity index (χ0n) is 10.4. The first-order valence-corrected chi connectivity index (χ1v) is 5.32. The first kappa shape index (κ1) is 13.7. The van der Waals surface area contributed by atoms with Crippen LogP contribution in [0.1, 0.15) is 50.0 Å². The molecular weight excluding hydrogens is 224 g/mol. The molecule has 0 aliphatic rings. The van der Waals surface area contributed by atoms with Crippen LogP contribution in [0.15, 0.2) is 10.8 Å². The maximum absolute atomic E-state index is 10.9. The van der Waals surface area contributed by atoms with E-state index in [4.69, 9.17) is 20.0 Å². The smallest absolute Gasteiger partial charge is 0.358 e. The third kappa shape index (κ3) is 3.54. The Kier molecular flexibility index (Phi) is 3.90. The second-order valence-corrected chi connectivity index (χ2v) is 4.83.